The Balaban J connectivity index is 4.98. The van der Waals surface area contributed by atoms with Crippen molar-refractivity contribution in [2.75, 3.05) is 6.54 Å². The second kappa shape index (κ2) is 13.1. The van der Waals surface area contributed by atoms with Crippen LogP contribution in [-0.2, 0) is 19.2 Å². The van der Waals surface area contributed by atoms with Crippen LogP contribution in [0.25, 0.3) is 0 Å². The number of carboxylic acids is 1. The Morgan fingerprint density at radius 2 is 1.48 bits per heavy atom. The molecule has 0 aromatic rings. The van der Waals surface area contributed by atoms with Gasteiger partial charge in [0.2, 0.25) is 17.7 Å². The Morgan fingerprint density at radius 3 is 1.93 bits per heavy atom. The summed E-state index contributed by atoms with van der Waals surface area (Å²) in [5.41, 5.74) is 11.1. The number of rotatable bonds is 13. The minimum Gasteiger partial charge on any atom is -0.480 e. The van der Waals surface area contributed by atoms with Gasteiger partial charge in [0.25, 0.3) is 0 Å². The molecular formula is C18H35N5O6. The minimum atomic E-state index is -1.39. The normalized spacial score (nSPS) is 16.3. The van der Waals surface area contributed by atoms with Gasteiger partial charge in [0, 0.05) is 0 Å². The molecule has 0 fully saturated rings. The summed E-state index contributed by atoms with van der Waals surface area (Å²) in [5.74, 6) is -3.44. The van der Waals surface area contributed by atoms with Gasteiger partial charge in [-0.05, 0) is 45.6 Å². The zero-order valence-electron chi connectivity index (χ0n) is 17.5. The third-order valence-corrected chi connectivity index (χ3v) is 4.40. The van der Waals surface area contributed by atoms with Crippen LogP contribution in [0.4, 0.5) is 0 Å². The first-order valence-electron chi connectivity index (χ1n) is 9.69. The van der Waals surface area contributed by atoms with E-state index in [1.54, 1.807) is 13.8 Å². The molecule has 0 radical (unpaired) electrons. The molecule has 11 heteroatoms. The van der Waals surface area contributed by atoms with Crippen molar-refractivity contribution >= 4 is 23.7 Å². The van der Waals surface area contributed by atoms with E-state index in [0.717, 1.165) is 0 Å². The molecule has 0 saturated heterocycles. The first kappa shape index (κ1) is 26.8. The van der Waals surface area contributed by atoms with Gasteiger partial charge in [-0.1, -0.05) is 13.8 Å². The first-order valence-corrected chi connectivity index (χ1v) is 9.69. The number of aliphatic hydroxyl groups is 1. The van der Waals surface area contributed by atoms with Gasteiger partial charge < -0.3 is 37.6 Å². The van der Waals surface area contributed by atoms with Crippen LogP contribution in [0.2, 0.25) is 0 Å². The van der Waals surface area contributed by atoms with Gasteiger partial charge in [0.15, 0.2) is 0 Å². The number of carbonyl (C=O) groups is 4. The quantitative estimate of drug-likeness (QED) is 0.168. The van der Waals surface area contributed by atoms with Crippen molar-refractivity contribution in [1.29, 1.82) is 0 Å². The fourth-order valence-electron chi connectivity index (χ4n) is 2.37. The van der Waals surface area contributed by atoms with E-state index in [-0.39, 0.29) is 12.3 Å². The third kappa shape index (κ3) is 9.68. The number of carboxylic acid groups (broad SMARTS) is 1. The van der Waals surface area contributed by atoms with Crippen molar-refractivity contribution in [2.24, 2.45) is 17.4 Å². The Labute approximate surface area is 171 Å². The lowest BCUT2D eigenvalue weighted by Crippen LogP contribution is -2.59. The molecule has 0 spiro atoms. The van der Waals surface area contributed by atoms with Crippen molar-refractivity contribution in [3.05, 3.63) is 0 Å². The average molecular weight is 418 g/mol. The van der Waals surface area contributed by atoms with Crippen LogP contribution in [0.5, 0.6) is 0 Å². The molecule has 11 nitrogen and oxygen atoms in total. The molecule has 29 heavy (non-hydrogen) atoms. The molecule has 0 rings (SSSR count). The van der Waals surface area contributed by atoms with Gasteiger partial charge in [-0.15, -0.1) is 0 Å². The summed E-state index contributed by atoms with van der Waals surface area (Å²) in [6.45, 7) is 6.61. The molecule has 0 aromatic heterocycles. The predicted octanol–water partition coefficient (Wildman–Crippen LogP) is -1.96. The van der Waals surface area contributed by atoms with Crippen LogP contribution < -0.4 is 27.4 Å². The fourth-order valence-corrected chi connectivity index (χ4v) is 2.37. The maximum Gasteiger partial charge on any atom is 0.326 e. The number of carbonyl (C=O) groups excluding carboxylic acids is 3. The summed E-state index contributed by atoms with van der Waals surface area (Å²) in [5, 5.41) is 26.2. The Kier molecular flexibility index (Phi) is 12.1. The lowest BCUT2D eigenvalue weighted by atomic mass is 10.0. The van der Waals surface area contributed by atoms with E-state index in [1.165, 1.54) is 13.8 Å². The Bertz CT molecular complexity index is 569. The van der Waals surface area contributed by atoms with E-state index < -0.39 is 54.0 Å². The highest BCUT2D eigenvalue weighted by Crippen LogP contribution is 2.04. The van der Waals surface area contributed by atoms with Gasteiger partial charge in [0.05, 0.1) is 12.1 Å². The van der Waals surface area contributed by atoms with Crippen LogP contribution in [-0.4, -0.2) is 70.7 Å². The number of unbranched alkanes of at least 4 members (excludes halogenated alkanes) is 1. The first-order chi connectivity index (χ1) is 13.4. The summed E-state index contributed by atoms with van der Waals surface area (Å²) >= 11 is 0. The summed E-state index contributed by atoms with van der Waals surface area (Å²) in [6, 6.07) is -4.38. The highest BCUT2D eigenvalue weighted by molar-refractivity contribution is 5.94. The van der Waals surface area contributed by atoms with E-state index in [2.05, 4.69) is 16.0 Å². The standard InChI is InChI=1S/C18H35N5O6/c1-9(2)13(20)16(26)21-10(3)15(25)23-14(11(4)24)17(27)22-12(18(28)29)7-5-6-8-19/h9-14,24H,5-8,19-20H2,1-4H3,(H,21,26)(H,22,27)(H,23,25)(H,28,29). The Morgan fingerprint density at radius 1 is 0.897 bits per heavy atom. The number of nitrogens with two attached hydrogens (primary N) is 2. The van der Waals surface area contributed by atoms with Crippen LogP contribution >= 0.6 is 0 Å². The zero-order valence-corrected chi connectivity index (χ0v) is 17.5. The van der Waals surface area contributed by atoms with Gasteiger partial charge >= 0.3 is 5.97 Å². The maximum atomic E-state index is 12.4. The molecule has 5 unspecified atom stereocenters. The topological polar surface area (TPSA) is 197 Å². The lowest BCUT2D eigenvalue weighted by Gasteiger charge is -2.25. The molecule has 0 saturated carbocycles. The van der Waals surface area contributed by atoms with Crippen LogP contribution in [0.15, 0.2) is 0 Å². The molecule has 0 bridgehead atoms. The van der Waals surface area contributed by atoms with Gasteiger partial charge in [0.1, 0.15) is 18.1 Å². The molecule has 0 aromatic carbocycles. The Hall–Kier alpha value is -2.24. The molecule has 9 N–H and O–H groups in total. The zero-order chi connectivity index (χ0) is 22.7. The smallest absolute Gasteiger partial charge is 0.326 e. The molecule has 0 aliphatic rings. The number of hydrogen-bond acceptors (Lipinski definition) is 7. The fraction of sp³-hybridized carbons (Fsp3) is 0.778. The average Bonchev–Trinajstić information content (AvgIpc) is 2.63. The van der Waals surface area contributed by atoms with E-state index in [9.17, 15) is 29.4 Å². The van der Waals surface area contributed by atoms with E-state index >= 15 is 0 Å². The van der Waals surface area contributed by atoms with Crippen molar-refractivity contribution in [3.8, 4) is 0 Å². The van der Waals surface area contributed by atoms with Gasteiger partial charge in [-0.2, -0.15) is 0 Å². The van der Waals surface area contributed by atoms with Crippen molar-refractivity contribution < 1.29 is 29.4 Å². The van der Waals surface area contributed by atoms with Crippen molar-refractivity contribution in [3.63, 3.8) is 0 Å². The van der Waals surface area contributed by atoms with Gasteiger partial charge in [-0.25, -0.2) is 4.79 Å². The van der Waals surface area contributed by atoms with Gasteiger partial charge in [-0.3, -0.25) is 14.4 Å². The molecule has 3 amide bonds. The summed E-state index contributed by atoms with van der Waals surface area (Å²) in [4.78, 5) is 48.1. The van der Waals surface area contributed by atoms with E-state index in [1.807, 2.05) is 0 Å². The summed E-state index contributed by atoms with van der Waals surface area (Å²) < 4.78 is 0. The molecule has 5 atom stereocenters. The van der Waals surface area contributed by atoms with Crippen LogP contribution in [0.1, 0.15) is 47.0 Å². The second-order valence-electron chi connectivity index (χ2n) is 7.41. The SMILES string of the molecule is CC(NC(=O)C(N)C(C)C)C(=O)NC(C(=O)NC(CCCCN)C(=O)O)C(C)O. The molecule has 168 valence electrons. The van der Waals surface area contributed by atoms with Crippen LogP contribution in [0, 0.1) is 5.92 Å². The number of aliphatic hydroxyl groups excluding tert-OH is 1. The third-order valence-electron chi connectivity index (χ3n) is 4.40. The minimum absolute atomic E-state index is 0.131. The van der Waals surface area contributed by atoms with E-state index in [4.69, 9.17) is 11.5 Å². The molecule has 0 aliphatic heterocycles. The predicted molar refractivity (Wildman–Crippen MR) is 107 cm³/mol. The highest BCUT2D eigenvalue weighted by Gasteiger charge is 2.31. The second-order valence-corrected chi connectivity index (χ2v) is 7.41. The number of hydrogen-bond donors (Lipinski definition) is 7. The monoisotopic (exact) mass is 417 g/mol. The highest BCUT2D eigenvalue weighted by atomic mass is 16.4. The maximum absolute atomic E-state index is 12.4. The molecular weight excluding hydrogens is 382 g/mol. The largest absolute Gasteiger partial charge is 0.480 e. The summed E-state index contributed by atoms with van der Waals surface area (Å²) in [7, 11) is 0. The van der Waals surface area contributed by atoms with Crippen molar-refractivity contribution in [1.82, 2.24) is 16.0 Å². The molecule has 0 aliphatic carbocycles. The number of nitrogens with one attached hydrogen (secondary N) is 3. The number of amides is 3. The van der Waals surface area contributed by atoms with Crippen molar-refractivity contribution in [2.45, 2.75) is 77.2 Å². The van der Waals surface area contributed by atoms with Crippen LogP contribution in [0.3, 0.4) is 0 Å². The summed E-state index contributed by atoms with van der Waals surface area (Å²) in [6.07, 6.45) is -0.0265. The molecule has 0 heterocycles. The lowest BCUT2D eigenvalue weighted by molar-refractivity contribution is -0.143. The number of aliphatic carboxylic acids is 1. The van der Waals surface area contributed by atoms with E-state index in [0.29, 0.717) is 19.4 Å².